The quantitative estimate of drug-likeness (QED) is 0.853. The van der Waals surface area contributed by atoms with Gasteiger partial charge in [0.05, 0.1) is 17.9 Å². The standard InChI is InChI=1S/C14H21FN4O2/c1-16-12-10(15)9-17-13(18-12)19-6-4-14(5-7-19)11(20)3-2-8-21-14/h9,11,20H,2-8H2,1H3,(H,16,17,18)/t11-/m0/s1. The van der Waals surface area contributed by atoms with E-state index in [1.54, 1.807) is 7.05 Å². The van der Waals surface area contributed by atoms with E-state index in [0.717, 1.165) is 25.7 Å². The number of aliphatic hydroxyl groups excluding tert-OH is 1. The molecule has 21 heavy (non-hydrogen) atoms. The molecule has 6 nitrogen and oxygen atoms in total. The molecule has 0 bridgehead atoms. The van der Waals surface area contributed by atoms with Gasteiger partial charge in [0.2, 0.25) is 5.95 Å². The van der Waals surface area contributed by atoms with Gasteiger partial charge in [0.1, 0.15) is 0 Å². The average molecular weight is 296 g/mol. The smallest absolute Gasteiger partial charge is 0.227 e. The van der Waals surface area contributed by atoms with Crippen molar-refractivity contribution in [2.45, 2.75) is 37.4 Å². The fraction of sp³-hybridized carbons (Fsp3) is 0.714. The third-order valence-electron chi connectivity index (χ3n) is 4.48. The van der Waals surface area contributed by atoms with Crippen LogP contribution in [0.25, 0.3) is 0 Å². The minimum atomic E-state index is -0.458. The summed E-state index contributed by atoms with van der Waals surface area (Å²) in [4.78, 5) is 10.3. The summed E-state index contributed by atoms with van der Waals surface area (Å²) < 4.78 is 19.3. The molecule has 1 spiro atoms. The van der Waals surface area contributed by atoms with Crippen molar-refractivity contribution in [3.63, 3.8) is 0 Å². The Hall–Kier alpha value is -1.47. The molecule has 1 atom stereocenters. The van der Waals surface area contributed by atoms with Crippen LogP contribution in [0.1, 0.15) is 25.7 Å². The van der Waals surface area contributed by atoms with Gasteiger partial charge in [0.15, 0.2) is 11.6 Å². The van der Waals surface area contributed by atoms with Crippen molar-refractivity contribution in [3.8, 4) is 0 Å². The van der Waals surface area contributed by atoms with Gasteiger partial charge in [-0.3, -0.25) is 0 Å². The zero-order valence-electron chi connectivity index (χ0n) is 12.2. The lowest BCUT2D eigenvalue weighted by Crippen LogP contribution is -2.55. The van der Waals surface area contributed by atoms with Crippen LogP contribution in [0, 0.1) is 5.82 Å². The van der Waals surface area contributed by atoms with E-state index in [1.165, 1.54) is 6.20 Å². The molecule has 0 aromatic carbocycles. The molecular formula is C14H21FN4O2. The van der Waals surface area contributed by atoms with Gasteiger partial charge in [-0.15, -0.1) is 0 Å². The Balaban J connectivity index is 1.71. The molecule has 0 amide bonds. The number of anilines is 2. The van der Waals surface area contributed by atoms with Crippen LogP contribution in [-0.4, -0.2) is 53.5 Å². The molecule has 3 rings (SSSR count). The molecule has 0 radical (unpaired) electrons. The summed E-state index contributed by atoms with van der Waals surface area (Å²) in [5, 5.41) is 12.9. The summed E-state index contributed by atoms with van der Waals surface area (Å²) in [5.74, 6) is 0.260. The van der Waals surface area contributed by atoms with Crippen LogP contribution in [0.3, 0.4) is 0 Å². The molecule has 0 aliphatic carbocycles. The van der Waals surface area contributed by atoms with E-state index in [0.29, 0.717) is 25.6 Å². The minimum absolute atomic E-state index is 0.203. The number of rotatable bonds is 2. The Morgan fingerprint density at radius 2 is 2.24 bits per heavy atom. The topological polar surface area (TPSA) is 70.5 Å². The summed E-state index contributed by atoms with van der Waals surface area (Å²) >= 11 is 0. The maximum atomic E-state index is 13.4. The second-order valence-electron chi connectivity index (χ2n) is 5.67. The van der Waals surface area contributed by atoms with Gasteiger partial charge in [-0.25, -0.2) is 9.37 Å². The van der Waals surface area contributed by atoms with Crippen molar-refractivity contribution in [2.75, 3.05) is 37.0 Å². The molecule has 116 valence electrons. The first kappa shape index (κ1) is 14.5. The van der Waals surface area contributed by atoms with Crippen LogP contribution < -0.4 is 10.2 Å². The van der Waals surface area contributed by atoms with Gasteiger partial charge in [0, 0.05) is 26.7 Å². The largest absolute Gasteiger partial charge is 0.390 e. The molecule has 2 saturated heterocycles. The van der Waals surface area contributed by atoms with Crippen LogP contribution in [0.15, 0.2) is 6.20 Å². The van der Waals surface area contributed by atoms with E-state index >= 15 is 0 Å². The van der Waals surface area contributed by atoms with Gasteiger partial charge in [0.25, 0.3) is 0 Å². The molecule has 3 heterocycles. The second-order valence-corrected chi connectivity index (χ2v) is 5.67. The van der Waals surface area contributed by atoms with Gasteiger partial charge < -0.3 is 20.1 Å². The molecule has 1 aromatic heterocycles. The normalized spacial score (nSPS) is 25.1. The first-order chi connectivity index (χ1) is 10.1. The first-order valence-corrected chi connectivity index (χ1v) is 7.42. The molecule has 2 fully saturated rings. The number of aromatic nitrogens is 2. The SMILES string of the molecule is CNc1nc(N2CCC3(CC2)OCCC[C@@H]3O)ncc1F. The minimum Gasteiger partial charge on any atom is -0.390 e. The summed E-state index contributed by atoms with van der Waals surface area (Å²) in [5.41, 5.74) is -0.416. The van der Waals surface area contributed by atoms with E-state index in [4.69, 9.17) is 4.74 Å². The lowest BCUT2D eigenvalue weighted by atomic mass is 9.82. The highest BCUT2D eigenvalue weighted by Crippen LogP contribution is 2.36. The van der Waals surface area contributed by atoms with Gasteiger partial charge in [-0.05, 0) is 25.7 Å². The van der Waals surface area contributed by atoms with E-state index in [9.17, 15) is 9.50 Å². The highest BCUT2D eigenvalue weighted by Gasteiger charge is 2.44. The number of nitrogens with zero attached hydrogens (tertiary/aromatic N) is 3. The van der Waals surface area contributed by atoms with E-state index in [1.807, 2.05) is 4.90 Å². The van der Waals surface area contributed by atoms with E-state index in [-0.39, 0.29) is 5.82 Å². The van der Waals surface area contributed by atoms with Crippen LogP contribution in [0.4, 0.5) is 16.2 Å². The maximum absolute atomic E-state index is 13.4. The Morgan fingerprint density at radius 1 is 1.48 bits per heavy atom. The van der Waals surface area contributed by atoms with Crippen molar-refractivity contribution in [1.29, 1.82) is 0 Å². The van der Waals surface area contributed by atoms with Crippen LogP contribution in [-0.2, 0) is 4.74 Å². The highest BCUT2D eigenvalue weighted by atomic mass is 19.1. The molecule has 2 N–H and O–H groups in total. The van der Waals surface area contributed by atoms with Crippen molar-refractivity contribution in [3.05, 3.63) is 12.0 Å². The predicted octanol–water partition coefficient (Wildman–Crippen LogP) is 1.17. The Morgan fingerprint density at radius 3 is 2.90 bits per heavy atom. The van der Waals surface area contributed by atoms with Crippen molar-refractivity contribution in [1.82, 2.24) is 9.97 Å². The fourth-order valence-corrected chi connectivity index (χ4v) is 3.16. The number of hydrogen-bond donors (Lipinski definition) is 2. The summed E-state index contributed by atoms with van der Waals surface area (Å²) in [6.45, 7) is 2.12. The lowest BCUT2D eigenvalue weighted by molar-refractivity contribution is -0.164. The maximum Gasteiger partial charge on any atom is 0.227 e. The summed E-state index contributed by atoms with van der Waals surface area (Å²) in [7, 11) is 1.63. The molecule has 2 aliphatic rings. The van der Waals surface area contributed by atoms with Gasteiger partial charge in [-0.2, -0.15) is 4.98 Å². The van der Waals surface area contributed by atoms with E-state index in [2.05, 4.69) is 15.3 Å². The summed E-state index contributed by atoms with van der Waals surface area (Å²) in [6, 6.07) is 0. The number of halogens is 1. The third kappa shape index (κ3) is 2.67. The third-order valence-corrected chi connectivity index (χ3v) is 4.48. The number of nitrogens with one attached hydrogen (secondary N) is 1. The van der Waals surface area contributed by atoms with Crippen LogP contribution >= 0.6 is 0 Å². The molecule has 7 heteroatoms. The summed E-state index contributed by atoms with van der Waals surface area (Å²) in [6.07, 6.45) is 3.99. The predicted molar refractivity (Wildman–Crippen MR) is 76.9 cm³/mol. The first-order valence-electron chi connectivity index (χ1n) is 7.42. The van der Waals surface area contributed by atoms with Gasteiger partial charge >= 0.3 is 0 Å². The Kier molecular flexibility index (Phi) is 3.95. The van der Waals surface area contributed by atoms with Gasteiger partial charge in [-0.1, -0.05) is 0 Å². The van der Waals surface area contributed by atoms with Crippen LogP contribution in [0.5, 0.6) is 0 Å². The lowest BCUT2D eigenvalue weighted by Gasteiger charge is -2.46. The Bertz CT molecular complexity index is 506. The average Bonchev–Trinajstić information content (AvgIpc) is 2.52. The Labute approximate surface area is 123 Å². The van der Waals surface area contributed by atoms with Crippen molar-refractivity contribution >= 4 is 11.8 Å². The monoisotopic (exact) mass is 296 g/mol. The van der Waals surface area contributed by atoms with Crippen molar-refractivity contribution in [2.24, 2.45) is 0 Å². The molecule has 0 saturated carbocycles. The van der Waals surface area contributed by atoms with Crippen molar-refractivity contribution < 1.29 is 14.2 Å². The zero-order chi connectivity index (χ0) is 14.9. The second kappa shape index (κ2) is 5.73. The zero-order valence-corrected chi connectivity index (χ0v) is 12.2. The number of piperidine rings is 1. The fourth-order valence-electron chi connectivity index (χ4n) is 3.16. The number of ether oxygens (including phenoxy) is 1. The molecule has 0 unspecified atom stereocenters. The van der Waals surface area contributed by atoms with E-state index < -0.39 is 17.5 Å². The highest BCUT2D eigenvalue weighted by molar-refractivity contribution is 5.42. The number of hydrogen-bond acceptors (Lipinski definition) is 6. The number of aliphatic hydroxyl groups is 1. The van der Waals surface area contributed by atoms with Crippen LogP contribution in [0.2, 0.25) is 0 Å². The molecule has 2 aliphatic heterocycles. The molecule has 1 aromatic rings. The molecular weight excluding hydrogens is 275 g/mol.